The molecule has 0 amide bonds. The Labute approximate surface area is 118 Å². The van der Waals surface area contributed by atoms with Crippen molar-refractivity contribution >= 4 is 50.0 Å². The molecule has 17 heavy (non-hydrogen) atoms. The third kappa shape index (κ3) is 2.83. The second-order valence-electron chi connectivity index (χ2n) is 3.15. The van der Waals surface area contributed by atoms with Crippen molar-refractivity contribution in [2.45, 2.75) is 0 Å². The highest BCUT2D eigenvalue weighted by Crippen LogP contribution is 2.23. The van der Waals surface area contributed by atoms with E-state index in [1.165, 1.54) is 12.4 Å². The van der Waals surface area contributed by atoms with Gasteiger partial charge in [-0.2, -0.15) is 0 Å². The molecule has 0 aliphatic carbocycles. The van der Waals surface area contributed by atoms with Crippen LogP contribution < -0.4 is 10.9 Å². The second-order valence-corrected chi connectivity index (χ2v) is 5.08. The molecule has 0 aliphatic rings. The zero-order valence-electron chi connectivity index (χ0n) is 8.30. The Morgan fingerprint density at radius 3 is 2.94 bits per heavy atom. The van der Waals surface area contributed by atoms with Crippen LogP contribution in [0.5, 0.6) is 0 Å². The lowest BCUT2D eigenvalue weighted by Crippen LogP contribution is -2.12. The van der Waals surface area contributed by atoms with E-state index in [0.717, 1.165) is 0 Å². The van der Waals surface area contributed by atoms with Gasteiger partial charge in [-0.05, 0) is 56.7 Å². The summed E-state index contributed by atoms with van der Waals surface area (Å²) in [4.78, 5) is 17.8. The Balaban J connectivity index is 2.35. The average Bonchev–Trinajstić information content (AvgIpc) is 2.30. The van der Waals surface area contributed by atoms with Gasteiger partial charge in [0, 0.05) is 5.69 Å². The molecule has 0 aliphatic heterocycles. The first kappa shape index (κ1) is 12.5. The van der Waals surface area contributed by atoms with Crippen LogP contribution in [0, 0.1) is 9.39 Å². The van der Waals surface area contributed by atoms with E-state index in [2.05, 4.69) is 31.2 Å². The van der Waals surface area contributed by atoms with Crippen molar-refractivity contribution < 1.29 is 4.39 Å². The maximum atomic E-state index is 13.0. The number of rotatable bonds is 2. The first-order valence-electron chi connectivity index (χ1n) is 4.53. The molecule has 7 heteroatoms. The topological polar surface area (TPSA) is 57.8 Å². The van der Waals surface area contributed by atoms with Gasteiger partial charge in [-0.25, -0.2) is 9.37 Å². The Bertz CT molecular complexity index is 617. The summed E-state index contributed by atoms with van der Waals surface area (Å²) in [5, 5.41) is 2.95. The van der Waals surface area contributed by atoms with Crippen LogP contribution in [-0.2, 0) is 0 Å². The molecule has 1 aromatic carbocycles. The van der Waals surface area contributed by atoms with E-state index in [1.54, 1.807) is 12.1 Å². The molecule has 2 aromatic rings. The summed E-state index contributed by atoms with van der Waals surface area (Å²) in [5.74, 6) is 0.0944. The van der Waals surface area contributed by atoms with Gasteiger partial charge in [0.25, 0.3) is 5.56 Å². The van der Waals surface area contributed by atoms with Gasteiger partial charge in [0.1, 0.15) is 9.39 Å². The Kier molecular flexibility index (Phi) is 3.77. The summed E-state index contributed by atoms with van der Waals surface area (Å²) >= 11 is 4.98. The van der Waals surface area contributed by atoms with Crippen LogP contribution in [-0.4, -0.2) is 9.97 Å². The molecule has 0 unspecified atom stereocenters. The number of nitrogens with one attached hydrogen (secondary N) is 2. The summed E-state index contributed by atoms with van der Waals surface area (Å²) in [6.07, 6.45) is 1.31. The summed E-state index contributed by atoms with van der Waals surface area (Å²) in [7, 11) is 0. The Morgan fingerprint density at radius 2 is 2.24 bits per heavy atom. The van der Waals surface area contributed by atoms with Gasteiger partial charge in [-0.3, -0.25) is 4.79 Å². The minimum atomic E-state index is -0.343. The fourth-order valence-electron chi connectivity index (χ4n) is 1.18. The third-order valence-corrected chi connectivity index (χ3v) is 3.59. The fraction of sp³-hybridized carbons (Fsp3) is 0. The number of aromatic amines is 1. The molecule has 2 N–H and O–H groups in total. The smallest absolute Gasteiger partial charge is 0.266 e. The number of H-pyrrole nitrogens is 1. The molecule has 0 atom stereocenters. The lowest BCUT2D eigenvalue weighted by atomic mass is 10.3. The summed E-state index contributed by atoms with van der Waals surface area (Å²) in [5.41, 5.74) is 0.429. The van der Waals surface area contributed by atoms with E-state index in [1.807, 2.05) is 22.6 Å². The van der Waals surface area contributed by atoms with Gasteiger partial charge in [0.15, 0.2) is 5.82 Å². The highest BCUT2D eigenvalue weighted by Gasteiger charge is 2.06. The van der Waals surface area contributed by atoms with Crippen LogP contribution >= 0.6 is 38.5 Å². The first-order chi connectivity index (χ1) is 8.08. The lowest BCUT2D eigenvalue weighted by Gasteiger charge is -2.07. The zero-order chi connectivity index (χ0) is 12.4. The Hall–Kier alpha value is -0.960. The van der Waals surface area contributed by atoms with Crippen molar-refractivity contribution in [2.75, 3.05) is 5.32 Å². The monoisotopic (exact) mass is 409 g/mol. The van der Waals surface area contributed by atoms with Crippen LogP contribution in [0.1, 0.15) is 0 Å². The van der Waals surface area contributed by atoms with Crippen LogP contribution in [0.4, 0.5) is 15.9 Å². The highest BCUT2D eigenvalue weighted by atomic mass is 127. The molecule has 2 rings (SSSR count). The van der Waals surface area contributed by atoms with E-state index in [-0.39, 0.29) is 11.4 Å². The van der Waals surface area contributed by atoms with Crippen molar-refractivity contribution in [3.05, 3.63) is 48.7 Å². The third-order valence-electron chi connectivity index (χ3n) is 1.98. The van der Waals surface area contributed by atoms with Gasteiger partial charge in [-0.15, -0.1) is 0 Å². The van der Waals surface area contributed by atoms with Crippen LogP contribution in [0.2, 0.25) is 0 Å². The number of hydrogen-bond acceptors (Lipinski definition) is 3. The van der Waals surface area contributed by atoms with Crippen molar-refractivity contribution in [1.29, 1.82) is 0 Å². The first-order valence-corrected chi connectivity index (χ1v) is 6.40. The fourth-order valence-corrected chi connectivity index (χ4v) is 1.99. The number of nitrogens with zero attached hydrogens (tertiary/aromatic N) is 1. The maximum Gasteiger partial charge on any atom is 0.266 e. The van der Waals surface area contributed by atoms with Crippen molar-refractivity contribution in [3.63, 3.8) is 0 Å². The quantitative estimate of drug-likeness (QED) is 0.749. The van der Waals surface area contributed by atoms with Gasteiger partial charge < -0.3 is 10.3 Å². The minimum absolute atomic E-state index is 0.218. The maximum absolute atomic E-state index is 13.0. The summed E-state index contributed by atoms with van der Waals surface area (Å²) < 4.78 is 13.8. The molecule has 88 valence electrons. The molecule has 0 spiro atoms. The zero-order valence-corrected chi connectivity index (χ0v) is 12.0. The van der Waals surface area contributed by atoms with Gasteiger partial charge >= 0.3 is 0 Å². The van der Waals surface area contributed by atoms with Crippen molar-refractivity contribution in [3.8, 4) is 0 Å². The molecule has 1 aromatic heterocycles. The number of aromatic nitrogens is 2. The molecular weight excluding hydrogens is 404 g/mol. The van der Waals surface area contributed by atoms with E-state index < -0.39 is 0 Å². The van der Waals surface area contributed by atoms with Crippen molar-refractivity contribution in [1.82, 2.24) is 9.97 Å². The number of benzene rings is 1. The normalized spacial score (nSPS) is 10.3. The number of hydrogen-bond donors (Lipinski definition) is 2. The highest BCUT2D eigenvalue weighted by molar-refractivity contribution is 14.1. The second kappa shape index (κ2) is 5.13. The number of halogens is 3. The molecule has 1 heterocycles. The van der Waals surface area contributed by atoms with Gasteiger partial charge in [0.05, 0.1) is 10.8 Å². The SMILES string of the molecule is O=c1[nH]cnc(Nc2ccc(F)c(Br)c2)c1I. The van der Waals surface area contributed by atoms with E-state index in [4.69, 9.17) is 0 Å². The predicted molar refractivity (Wildman–Crippen MR) is 75.0 cm³/mol. The molecule has 0 saturated carbocycles. The van der Waals surface area contributed by atoms with Crippen LogP contribution in [0.25, 0.3) is 0 Å². The van der Waals surface area contributed by atoms with E-state index in [0.29, 0.717) is 19.5 Å². The van der Waals surface area contributed by atoms with E-state index >= 15 is 0 Å². The number of anilines is 2. The van der Waals surface area contributed by atoms with Crippen molar-refractivity contribution in [2.24, 2.45) is 0 Å². The standard InChI is InChI=1S/C10H6BrFIN3O/c11-6-3-5(1-2-7(6)12)16-9-8(13)10(17)15-4-14-9/h1-4H,(H2,14,15,16,17). The van der Waals surface area contributed by atoms with Crippen LogP contribution in [0.15, 0.2) is 33.8 Å². The largest absolute Gasteiger partial charge is 0.339 e. The molecule has 0 radical (unpaired) electrons. The summed E-state index contributed by atoms with van der Waals surface area (Å²) in [6, 6.07) is 4.47. The average molecular weight is 410 g/mol. The molecule has 0 saturated heterocycles. The van der Waals surface area contributed by atoms with Gasteiger partial charge in [-0.1, -0.05) is 0 Å². The van der Waals surface area contributed by atoms with E-state index in [9.17, 15) is 9.18 Å². The minimum Gasteiger partial charge on any atom is -0.339 e. The lowest BCUT2D eigenvalue weighted by molar-refractivity contribution is 0.621. The molecule has 4 nitrogen and oxygen atoms in total. The predicted octanol–water partition coefficient (Wildman–Crippen LogP) is 3.02. The molecular formula is C10H6BrFIN3O. The molecule has 0 bridgehead atoms. The van der Waals surface area contributed by atoms with Crippen LogP contribution in [0.3, 0.4) is 0 Å². The molecule has 0 fully saturated rings. The summed E-state index contributed by atoms with van der Waals surface area (Å²) in [6.45, 7) is 0. The Morgan fingerprint density at radius 1 is 1.47 bits per heavy atom. The van der Waals surface area contributed by atoms with Gasteiger partial charge in [0.2, 0.25) is 0 Å².